The van der Waals surface area contributed by atoms with Crippen molar-refractivity contribution in [1.29, 1.82) is 0 Å². The number of hydrogen-bond donors (Lipinski definition) is 2. The summed E-state index contributed by atoms with van der Waals surface area (Å²) in [6, 6.07) is 6.09. The summed E-state index contributed by atoms with van der Waals surface area (Å²) in [4.78, 5) is 0. The van der Waals surface area contributed by atoms with Crippen LogP contribution in [0, 0.1) is 6.92 Å². The first-order valence-corrected chi connectivity index (χ1v) is 4.22. The van der Waals surface area contributed by atoms with Gasteiger partial charge in [0.25, 0.3) is 0 Å². The first-order valence-electron chi connectivity index (χ1n) is 3.43. The Morgan fingerprint density at radius 1 is 1.55 bits per heavy atom. The molecule has 2 nitrogen and oxygen atoms in total. The lowest BCUT2D eigenvalue weighted by Gasteiger charge is -2.06. The van der Waals surface area contributed by atoms with Crippen LogP contribution in [0.15, 0.2) is 22.7 Å². The van der Waals surface area contributed by atoms with Crippen molar-refractivity contribution in [2.24, 2.45) is 5.84 Å². The molecule has 0 amide bonds. The van der Waals surface area contributed by atoms with Crippen LogP contribution in [0.3, 0.4) is 0 Å². The van der Waals surface area contributed by atoms with E-state index in [4.69, 9.17) is 5.84 Å². The van der Waals surface area contributed by atoms with Gasteiger partial charge in [0.1, 0.15) is 0 Å². The molecular weight excluding hydrogens is 204 g/mol. The summed E-state index contributed by atoms with van der Waals surface area (Å²) in [5.41, 5.74) is 5.10. The van der Waals surface area contributed by atoms with Gasteiger partial charge in [-0.05, 0) is 24.1 Å². The van der Waals surface area contributed by atoms with Crippen LogP contribution in [0.5, 0.6) is 0 Å². The number of nitrogens with one attached hydrogen (secondary N) is 1. The molecule has 0 aliphatic carbocycles. The molecule has 1 aromatic carbocycles. The zero-order valence-corrected chi connectivity index (χ0v) is 7.98. The van der Waals surface area contributed by atoms with Crippen molar-refractivity contribution in [2.45, 2.75) is 13.5 Å². The Morgan fingerprint density at radius 2 is 2.27 bits per heavy atom. The highest BCUT2D eigenvalue weighted by Crippen LogP contribution is 2.19. The molecule has 3 heteroatoms. The predicted octanol–water partition coefficient (Wildman–Crippen LogP) is 1.72. The third kappa shape index (κ3) is 2.02. The van der Waals surface area contributed by atoms with Crippen LogP contribution < -0.4 is 11.3 Å². The molecule has 0 aliphatic rings. The summed E-state index contributed by atoms with van der Waals surface area (Å²) in [5, 5.41) is 0. The number of halogens is 1. The summed E-state index contributed by atoms with van der Waals surface area (Å²) in [5.74, 6) is 5.23. The van der Waals surface area contributed by atoms with Crippen molar-refractivity contribution in [1.82, 2.24) is 5.43 Å². The van der Waals surface area contributed by atoms with E-state index >= 15 is 0 Å². The van der Waals surface area contributed by atoms with Gasteiger partial charge < -0.3 is 0 Å². The van der Waals surface area contributed by atoms with E-state index in [-0.39, 0.29) is 0 Å². The Morgan fingerprint density at radius 3 is 2.82 bits per heavy atom. The third-order valence-corrected chi connectivity index (χ3v) is 2.37. The van der Waals surface area contributed by atoms with Crippen LogP contribution >= 0.6 is 15.9 Å². The minimum Gasteiger partial charge on any atom is -0.271 e. The van der Waals surface area contributed by atoms with Crippen LogP contribution in [0.1, 0.15) is 11.1 Å². The largest absolute Gasteiger partial charge is 0.271 e. The fourth-order valence-corrected chi connectivity index (χ4v) is 1.60. The van der Waals surface area contributed by atoms with Gasteiger partial charge in [-0.3, -0.25) is 11.3 Å². The zero-order valence-electron chi connectivity index (χ0n) is 6.39. The normalized spacial score (nSPS) is 10.1. The number of aryl methyl sites for hydroxylation is 1. The van der Waals surface area contributed by atoms with Gasteiger partial charge in [-0.15, -0.1) is 0 Å². The van der Waals surface area contributed by atoms with Crippen LogP contribution in [-0.4, -0.2) is 0 Å². The first-order chi connectivity index (χ1) is 5.25. The Kier molecular flexibility index (Phi) is 3.05. The summed E-state index contributed by atoms with van der Waals surface area (Å²) >= 11 is 3.45. The van der Waals surface area contributed by atoms with Crippen molar-refractivity contribution in [3.63, 3.8) is 0 Å². The van der Waals surface area contributed by atoms with Crippen LogP contribution in [0.25, 0.3) is 0 Å². The third-order valence-electron chi connectivity index (χ3n) is 1.63. The van der Waals surface area contributed by atoms with Gasteiger partial charge in [0.15, 0.2) is 0 Å². The van der Waals surface area contributed by atoms with Gasteiger partial charge in [-0.25, -0.2) is 0 Å². The van der Waals surface area contributed by atoms with E-state index in [1.807, 2.05) is 12.1 Å². The highest BCUT2D eigenvalue weighted by atomic mass is 79.9. The SMILES string of the molecule is Cc1cccc(Br)c1CNN. The smallest absolute Gasteiger partial charge is 0.0362 e. The van der Waals surface area contributed by atoms with E-state index in [0.29, 0.717) is 6.54 Å². The maximum absolute atomic E-state index is 5.23. The molecule has 0 radical (unpaired) electrons. The topological polar surface area (TPSA) is 38.0 Å². The number of hydrazine groups is 1. The molecule has 0 unspecified atom stereocenters. The van der Waals surface area contributed by atoms with Gasteiger partial charge in [0, 0.05) is 11.0 Å². The molecule has 11 heavy (non-hydrogen) atoms. The second kappa shape index (κ2) is 3.85. The summed E-state index contributed by atoms with van der Waals surface area (Å²) in [6.45, 7) is 2.77. The molecule has 0 heterocycles. The highest BCUT2D eigenvalue weighted by Gasteiger charge is 2.00. The first kappa shape index (κ1) is 8.71. The summed E-state index contributed by atoms with van der Waals surface area (Å²) in [6.07, 6.45) is 0. The van der Waals surface area contributed by atoms with Gasteiger partial charge in [0.05, 0.1) is 0 Å². The Balaban J connectivity index is 3.00. The van der Waals surface area contributed by atoms with E-state index < -0.39 is 0 Å². The number of rotatable bonds is 2. The van der Waals surface area contributed by atoms with Crippen molar-refractivity contribution >= 4 is 15.9 Å². The average molecular weight is 215 g/mol. The maximum atomic E-state index is 5.23. The molecule has 3 N–H and O–H groups in total. The highest BCUT2D eigenvalue weighted by molar-refractivity contribution is 9.10. The van der Waals surface area contributed by atoms with Crippen molar-refractivity contribution < 1.29 is 0 Å². The summed E-state index contributed by atoms with van der Waals surface area (Å²) in [7, 11) is 0. The zero-order chi connectivity index (χ0) is 8.27. The van der Waals surface area contributed by atoms with Crippen LogP contribution in [0.2, 0.25) is 0 Å². The molecular formula is C8H11BrN2. The fourth-order valence-electron chi connectivity index (χ4n) is 0.992. The molecule has 0 spiro atoms. The van der Waals surface area contributed by atoms with E-state index in [1.165, 1.54) is 11.1 Å². The number of hydrogen-bond acceptors (Lipinski definition) is 2. The lowest BCUT2D eigenvalue weighted by Crippen LogP contribution is -2.21. The predicted molar refractivity (Wildman–Crippen MR) is 49.9 cm³/mol. The molecule has 1 rings (SSSR count). The molecule has 0 saturated heterocycles. The molecule has 60 valence electrons. The molecule has 1 aromatic rings. The van der Waals surface area contributed by atoms with Gasteiger partial charge in [0.2, 0.25) is 0 Å². The van der Waals surface area contributed by atoms with Crippen LogP contribution in [-0.2, 0) is 6.54 Å². The van der Waals surface area contributed by atoms with E-state index in [9.17, 15) is 0 Å². The Bertz CT molecular complexity index is 228. The van der Waals surface area contributed by atoms with Gasteiger partial charge in [-0.2, -0.15) is 0 Å². The lowest BCUT2D eigenvalue weighted by molar-refractivity contribution is 0.735. The quantitative estimate of drug-likeness (QED) is 0.582. The number of nitrogens with two attached hydrogens (primary N) is 1. The molecule has 0 atom stereocenters. The van der Waals surface area contributed by atoms with Gasteiger partial charge >= 0.3 is 0 Å². The Labute approximate surface area is 74.9 Å². The lowest BCUT2D eigenvalue weighted by atomic mass is 10.1. The molecule has 0 aromatic heterocycles. The van der Waals surface area contributed by atoms with Gasteiger partial charge in [-0.1, -0.05) is 28.1 Å². The maximum Gasteiger partial charge on any atom is 0.0362 e. The second-order valence-electron chi connectivity index (χ2n) is 2.42. The minimum atomic E-state index is 0.702. The molecule has 0 fully saturated rings. The van der Waals surface area contributed by atoms with Crippen molar-refractivity contribution in [3.05, 3.63) is 33.8 Å². The van der Waals surface area contributed by atoms with Crippen molar-refractivity contribution in [3.8, 4) is 0 Å². The van der Waals surface area contributed by atoms with E-state index in [1.54, 1.807) is 0 Å². The standard InChI is InChI=1S/C8H11BrN2/c1-6-3-2-4-8(9)7(6)5-11-10/h2-4,11H,5,10H2,1H3. The Hall–Kier alpha value is -0.380. The molecule has 0 aliphatic heterocycles. The number of benzene rings is 1. The second-order valence-corrected chi connectivity index (χ2v) is 3.27. The molecule has 0 bridgehead atoms. The van der Waals surface area contributed by atoms with Crippen LogP contribution in [0.4, 0.5) is 0 Å². The van der Waals surface area contributed by atoms with Crippen molar-refractivity contribution in [2.75, 3.05) is 0 Å². The fraction of sp³-hybridized carbons (Fsp3) is 0.250. The monoisotopic (exact) mass is 214 g/mol. The molecule has 0 saturated carbocycles. The summed E-state index contributed by atoms with van der Waals surface area (Å²) < 4.78 is 1.11. The van der Waals surface area contributed by atoms with E-state index in [0.717, 1.165) is 4.47 Å². The minimum absolute atomic E-state index is 0.702. The van der Waals surface area contributed by atoms with E-state index in [2.05, 4.69) is 34.3 Å². The average Bonchev–Trinajstić information content (AvgIpc) is 1.97.